The van der Waals surface area contributed by atoms with Crippen LogP contribution in [-0.4, -0.2) is 46.4 Å². The Hall–Kier alpha value is -3.10. The molecule has 8 nitrogen and oxygen atoms in total. The van der Waals surface area contributed by atoms with Crippen molar-refractivity contribution in [1.82, 2.24) is 15.1 Å². The maximum atomic E-state index is 13.1. The fourth-order valence-corrected chi connectivity index (χ4v) is 3.57. The number of carbonyl (C=O) groups is 1. The lowest BCUT2D eigenvalue weighted by Gasteiger charge is -2.16. The molecule has 1 aliphatic heterocycles. The van der Waals surface area contributed by atoms with Crippen LogP contribution in [0.3, 0.4) is 0 Å². The number of phenols is 1. The number of carbonyl (C=O) groups excluding carboxylic acids is 1. The number of rotatable bonds is 7. The van der Waals surface area contributed by atoms with Crippen molar-refractivity contribution in [3.63, 3.8) is 0 Å². The second-order valence-electron chi connectivity index (χ2n) is 7.10. The zero-order valence-corrected chi connectivity index (χ0v) is 16.3. The van der Waals surface area contributed by atoms with Gasteiger partial charge in [-0.25, -0.2) is 0 Å². The summed E-state index contributed by atoms with van der Waals surface area (Å²) >= 11 is 0. The second kappa shape index (κ2) is 8.10. The molecule has 0 unspecified atom stereocenters. The average molecular weight is 396 g/mol. The van der Waals surface area contributed by atoms with E-state index >= 15 is 0 Å². The first-order chi connectivity index (χ1) is 14.1. The quantitative estimate of drug-likeness (QED) is 0.528. The number of amides is 1. The van der Waals surface area contributed by atoms with Gasteiger partial charge in [-0.15, -0.1) is 0 Å². The zero-order chi connectivity index (χ0) is 20.4. The third kappa shape index (κ3) is 3.76. The van der Waals surface area contributed by atoms with Crippen molar-refractivity contribution in [2.75, 3.05) is 20.3 Å². The van der Waals surface area contributed by atoms with Crippen LogP contribution in [0.2, 0.25) is 0 Å². The summed E-state index contributed by atoms with van der Waals surface area (Å²) in [6.07, 6.45) is 0.794. The summed E-state index contributed by atoms with van der Waals surface area (Å²) in [6.45, 7) is 2.44. The number of phenolic OH excluding ortho intramolecular Hbond substituents is 1. The molecule has 29 heavy (non-hydrogen) atoms. The molecule has 3 aromatic rings. The number of benzene rings is 2. The fourth-order valence-electron chi connectivity index (χ4n) is 3.57. The molecule has 0 radical (unpaired) electrons. The van der Waals surface area contributed by atoms with Crippen molar-refractivity contribution in [3.05, 3.63) is 52.7 Å². The van der Waals surface area contributed by atoms with Crippen molar-refractivity contribution < 1.29 is 19.4 Å². The monoisotopic (exact) mass is 396 g/mol. The van der Waals surface area contributed by atoms with Crippen LogP contribution in [0.4, 0.5) is 0 Å². The number of nitrogens with zero attached hydrogens (tertiary/aromatic N) is 2. The highest BCUT2D eigenvalue weighted by Gasteiger charge is 2.27. The largest absolute Gasteiger partial charge is 0.507 e. The maximum Gasteiger partial charge on any atom is 0.258 e. The van der Waals surface area contributed by atoms with Crippen LogP contribution in [0, 0.1) is 0 Å². The molecular formula is C21H24N4O4. The number of H-pyrrole nitrogens is 1. The third-order valence-electron chi connectivity index (χ3n) is 5.07. The Morgan fingerprint density at radius 3 is 2.90 bits per heavy atom. The van der Waals surface area contributed by atoms with Gasteiger partial charge in [0.25, 0.3) is 5.91 Å². The number of hydrogen-bond donors (Lipinski definition) is 3. The van der Waals surface area contributed by atoms with Crippen LogP contribution >= 0.6 is 0 Å². The normalized spacial score (nSPS) is 13.1. The van der Waals surface area contributed by atoms with Gasteiger partial charge < -0.3 is 25.2 Å². The Bertz CT molecular complexity index is 1050. The number of hydrogen-bond acceptors (Lipinski definition) is 6. The maximum absolute atomic E-state index is 13.1. The van der Waals surface area contributed by atoms with Crippen molar-refractivity contribution >= 4 is 16.8 Å². The van der Waals surface area contributed by atoms with Crippen molar-refractivity contribution in [2.24, 2.45) is 5.73 Å². The number of aromatic nitrogens is 2. The van der Waals surface area contributed by atoms with E-state index in [-0.39, 0.29) is 17.2 Å². The summed E-state index contributed by atoms with van der Waals surface area (Å²) in [5, 5.41) is 18.2. The zero-order valence-electron chi connectivity index (χ0n) is 16.3. The summed E-state index contributed by atoms with van der Waals surface area (Å²) in [4.78, 5) is 14.8. The van der Waals surface area contributed by atoms with Crippen molar-refractivity contribution in [1.29, 1.82) is 0 Å². The van der Waals surface area contributed by atoms with Gasteiger partial charge in [0.2, 0.25) is 0 Å². The molecule has 8 heteroatoms. The van der Waals surface area contributed by atoms with Crippen LogP contribution < -0.4 is 10.5 Å². The third-order valence-corrected chi connectivity index (χ3v) is 5.07. The van der Waals surface area contributed by atoms with Crippen LogP contribution in [0.5, 0.6) is 11.5 Å². The molecule has 1 aromatic heterocycles. The van der Waals surface area contributed by atoms with Crippen molar-refractivity contribution in [3.8, 4) is 11.5 Å². The van der Waals surface area contributed by atoms with Gasteiger partial charge in [0.05, 0.1) is 30.0 Å². The van der Waals surface area contributed by atoms with Gasteiger partial charge in [0, 0.05) is 31.7 Å². The number of aromatic amines is 1. The summed E-state index contributed by atoms with van der Waals surface area (Å²) in [7, 11) is 1.59. The molecule has 1 aliphatic rings. The van der Waals surface area contributed by atoms with Gasteiger partial charge >= 0.3 is 0 Å². The molecular weight excluding hydrogens is 372 g/mol. The molecule has 2 aromatic carbocycles. The minimum atomic E-state index is -0.226. The Morgan fingerprint density at radius 2 is 2.10 bits per heavy atom. The minimum Gasteiger partial charge on any atom is -0.507 e. The van der Waals surface area contributed by atoms with Gasteiger partial charge in [-0.2, -0.15) is 5.10 Å². The first kappa shape index (κ1) is 19.2. The van der Waals surface area contributed by atoms with Crippen LogP contribution in [0.15, 0.2) is 30.3 Å². The number of nitrogens with two attached hydrogens (primary N) is 1. The highest BCUT2D eigenvalue weighted by Crippen LogP contribution is 2.32. The molecule has 0 saturated carbocycles. The van der Waals surface area contributed by atoms with Crippen LogP contribution in [-0.2, 0) is 24.4 Å². The lowest BCUT2D eigenvalue weighted by molar-refractivity contribution is 0.0748. The van der Waals surface area contributed by atoms with Gasteiger partial charge in [-0.05, 0) is 42.3 Å². The molecule has 4 N–H and O–H groups in total. The summed E-state index contributed by atoms with van der Waals surface area (Å²) in [6, 6.07) is 9.07. The number of fused-ring (bicyclic) bond motifs is 2. The van der Waals surface area contributed by atoms with E-state index in [0.717, 1.165) is 28.7 Å². The first-order valence-corrected chi connectivity index (χ1v) is 9.53. The molecule has 152 valence electrons. The Labute approximate surface area is 168 Å². The van der Waals surface area contributed by atoms with Gasteiger partial charge in [-0.1, -0.05) is 6.07 Å². The molecule has 0 spiro atoms. The van der Waals surface area contributed by atoms with E-state index in [4.69, 9.17) is 15.2 Å². The predicted molar refractivity (Wildman–Crippen MR) is 108 cm³/mol. The number of nitrogens with one attached hydrogen (secondary N) is 1. The number of ether oxygens (including phenoxy) is 2. The Kier molecular flexibility index (Phi) is 5.37. The van der Waals surface area contributed by atoms with E-state index < -0.39 is 0 Å². The predicted octanol–water partition coefficient (Wildman–Crippen LogP) is 2.30. The van der Waals surface area contributed by atoms with Gasteiger partial charge in [0.15, 0.2) is 0 Å². The van der Waals surface area contributed by atoms with E-state index in [9.17, 15) is 9.90 Å². The number of aromatic hydroxyl groups is 1. The minimum absolute atomic E-state index is 0.0723. The fraction of sp³-hybridized carbons (Fsp3) is 0.333. The van der Waals surface area contributed by atoms with E-state index in [0.29, 0.717) is 44.1 Å². The van der Waals surface area contributed by atoms with E-state index in [1.165, 1.54) is 6.07 Å². The SMILES string of the molecule is COCc1n[nH]c2cc(O)c(C(=O)N3Cc4ccc(OCCCN)cc4C3)cc12. The lowest BCUT2D eigenvalue weighted by atomic mass is 10.1. The average Bonchev–Trinajstić information content (AvgIpc) is 3.31. The molecule has 0 fully saturated rings. The summed E-state index contributed by atoms with van der Waals surface area (Å²) < 4.78 is 10.9. The van der Waals surface area contributed by atoms with E-state index in [1.54, 1.807) is 18.1 Å². The first-order valence-electron chi connectivity index (χ1n) is 9.53. The molecule has 0 atom stereocenters. The summed E-state index contributed by atoms with van der Waals surface area (Å²) in [5.41, 5.74) is 9.23. The highest BCUT2D eigenvalue weighted by molar-refractivity contribution is 6.01. The van der Waals surface area contributed by atoms with Gasteiger partial charge in [0.1, 0.15) is 11.5 Å². The molecule has 1 amide bonds. The molecule has 2 heterocycles. The lowest BCUT2D eigenvalue weighted by Crippen LogP contribution is -2.25. The van der Waals surface area contributed by atoms with E-state index in [2.05, 4.69) is 10.2 Å². The second-order valence-corrected chi connectivity index (χ2v) is 7.10. The van der Waals surface area contributed by atoms with E-state index in [1.807, 2.05) is 18.2 Å². The molecule has 4 rings (SSSR count). The number of methoxy groups -OCH3 is 1. The highest BCUT2D eigenvalue weighted by atomic mass is 16.5. The van der Waals surface area contributed by atoms with Crippen LogP contribution in [0.1, 0.15) is 33.6 Å². The molecule has 0 aliphatic carbocycles. The smallest absolute Gasteiger partial charge is 0.258 e. The summed E-state index contributed by atoms with van der Waals surface area (Å²) in [5.74, 6) is 0.478. The molecule has 0 bridgehead atoms. The van der Waals surface area contributed by atoms with Crippen LogP contribution in [0.25, 0.3) is 10.9 Å². The van der Waals surface area contributed by atoms with Crippen molar-refractivity contribution in [2.45, 2.75) is 26.1 Å². The Balaban J connectivity index is 1.55. The standard InChI is InChI=1S/C21H24N4O4/c1-28-12-19-16-8-17(20(26)9-18(16)23-24-19)21(27)25-10-13-3-4-15(7-14(13)11-25)29-6-2-5-22/h3-4,7-9,26H,2,5-6,10-12,22H2,1H3,(H,23,24). The van der Waals surface area contributed by atoms with Gasteiger partial charge in [-0.3, -0.25) is 9.89 Å². The topological polar surface area (TPSA) is 114 Å². The Morgan fingerprint density at radius 1 is 1.28 bits per heavy atom. The molecule has 0 saturated heterocycles.